The van der Waals surface area contributed by atoms with E-state index in [0.717, 1.165) is 30.8 Å². The van der Waals surface area contributed by atoms with Crippen molar-refractivity contribution in [2.24, 2.45) is 5.92 Å². The van der Waals surface area contributed by atoms with Crippen LogP contribution in [0.5, 0.6) is 0 Å². The molecule has 1 fully saturated rings. The third kappa shape index (κ3) is 4.45. The Morgan fingerprint density at radius 2 is 2.13 bits per heavy atom. The summed E-state index contributed by atoms with van der Waals surface area (Å²) in [6.07, 6.45) is 3.68. The minimum Gasteiger partial charge on any atom is -0.356 e. The molecule has 5 nitrogen and oxygen atoms in total. The highest BCUT2D eigenvalue weighted by atomic mass is 35.5. The molecule has 2 heterocycles. The predicted octanol–water partition coefficient (Wildman–Crippen LogP) is 2.04. The van der Waals surface area contributed by atoms with E-state index in [2.05, 4.69) is 16.0 Å². The highest BCUT2D eigenvalue weighted by Crippen LogP contribution is 2.31. The van der Waals surface area contributed by atoms with Crippen molar-refractivity contribution in [3.63, 3.8) is 0 Å². The molecule has 0 bridgehead atoms. The van der Waals surface area contributed by atoms with Gasteiger partial charge in [0.2, 0.25) is 11.8 Å². The summed E-state index contributed by atoms with van der Waals surface area (Å²) < 4.78 is 0. The van der Waals surface area contributed by atoms with Crippen molar-refractivity contribution in [3.8, 4) is 0 Å². The zero-order chi connectivity index (χ0) is 15.4. The summed E-state index contributed by atoms with van der Waals surface area (Å²) >= 11 is 0. The molecule has 0 spiro atoms. The van der Waals surface area contributed by atoms with Gasteiger partial charge in [-0.1, -0.05) is 18.2 Å². The first-order chi connectivity index (χ1) is 10.7. The number of carbonyl (C=O) groups is 2. The summed E-state index contributed by atoms with van der Waals surface area (Å²) in [7, 11) is 0. The van der Waals surface area contributed by atoms with Gasteiger partial charge < -0.3 is 16.0 Å². The molecule has 6 heteroatoms. The number of hydrogen-bond acceptors (Lipinski definition) is 3. The van der Waals surface area contributed by atoms with Gasteiger partial charge in [-0.2, -0.15) is 0 Å². The molecule has 2 aliphatic rings. The minimum atomic E-state index is -0.366. The lowest BCUT2D eigenvalue weighted by Crippen LogP contribution is -2.37. The molecular formula is C17H24ClN3O2. The molecule has 1 saturated heterocycles. The Hall–Kier alpha value is -1.59. The first-order valence-corrected chi connectivity index (χ1v) is 8.11. The number of piperidine rings is 1. The lowest BCUT2D eigenvalue weighted by atomic mass is 9.89. The zero-order valence-corrected chi connectivity index (χ0v) is 14.0. The maximum Gasteiger partial charge on any atom is 0.228 e. The van der Waals surface area contributed by atoms with Crippen molar-refractivity contribution in [2.75, 3.05) is 25.0 Å². The highest BCUT2D eigenvalue weighted by molar-refractivity contribution is 6.01. The molecule has 3 rings (SSSR count). The van der Waals surface area contributed by atoms with E-state index in [1.165, 1.54) is 12.8 Å². The molecule has 1 aromatic rings. The second kappa shape index (κ2) is 8.31. The van der Waals surface area contributed by atoms with Crippen LogP contribution in [0.2, 0.25) is 0 Å². The molecule has 3 N–H and O–H groups in total. The quantitative estimate of drug-likeness (QED) is 0.787. The van der Waals surface area contributed by atoms with Gasteiger partial charge in [-0.25, -0.2) is 0 Å². The number of carbonyl (C=O) groups excluding carboxylic acids is 2. The summed E-state index contributed by atoms with van der Waals surface area (Å²) in [5, 5.41) is 9.23. The van der Waals surface area contributed by atoms with Crippen LogP contribution in [-0.2, 0) is 9.59 Å². The standard InChI is InChI=1S/C17H23N3O2.ClH/c21-16-10-14(13-5-1-2-6-15(13)20-16)17(22)19-9-7-12-4-3-8-18-11-12;/h1-2,5-6,12,14,18H,3-4,7-11H2,(H,19,22)(H,20,21);1H. The Labute approximate surface area is 143 Å². The van der Waals surface area contributed by atoms with E-state index in [0.29, 0.717) is 12.5 Å². The van der Waals surface area contributed by atoms with Crippen LogP contribution in [0.25, 0.3) is 0 Å². The molecule has 23 heavy (non-hydrogen) atoms. The van der Waals surface area contributed by atoms with Crippen LogP contribution in [0, 0.1) is 5.92 Å². The largest absolute Gasteiger partial charge is 0.356 e. The number of rotatable bonds is 4. The van der Waals surface area contributed by atoms with Gasteiger partial charge in [0.05, 0.1) is 5.92 Å². The second-order valence-electron chi connectivity index (χ2n) is 6.18. The Kier molecular flexibility index (Phi) is 6.42. The van der Waals surface area contributed by atoms with Gasteiger partial charge >= 0.3 is 0 Å². The predicted molar refractivity (Wildman–Crippen MR) is 92.9 cm³/mol. The Balaban J connectivity index is 0.00000192. The second-order valence-corrected chi connectivity index (χ2v) is 6.18. The number of halogens is 1. The van der Waals surface area contributed by atoms with Crippen molar-refractivity contribution in [3.05, 3.63) is 29.8 Å². The average Bonchev–Trinajstić information content (AvgIpc) is 2.55. The molecule has 0 aromatic heterocycles. The van der Waals surface area contributed by atoms with Crippen LogP contribution in [0.4, 0.5) is 5.69 Å². The van der Waals surface area contributed by atoms with Crippen molar-refractivity contribution < 1.29 is 9.59 Å². The number of benzene rings is 1. The summed E-state index contributed by atoms with van der Waals surface area (Å²) in [4.78, 5) is 24.2. The molecule has 126 valence electrons. The van der Waals surface area contributed by atoms with Crippen LogP contribution in [0.3, 0.4) is 0 Å². The van der Waals surface area contributed by atoms with Gasteiger partial charge in [-0.05, 0) is 49.9 Å². The van der Waals surface area contributed by atoms with E-state index < -0.39 is 0 Å². The fraction of sp³-hybridized carbons (Fsp3) is 0.529. The third-order valence-electron chi connectivity index (χ3n) is 4.57. The van der Waals surface area contributed by atoms with Crippen LogP contribution in [0.15, 0.2) is 24.3 Å². The minimum absolute atomic E-state index is 0. The topological polar surface area (TPSA) is 70.2 Å². The number of fused-ring (bicyclic) bond motifs is 1. The fourth-order valence-electron chi connectivity index (χ4n) is 3.34. The van der Waals surface area contributed by atoms with Gasteiger partial charge in [0.15, 0.2) is 0 Å². The van der Waals surface area contributed by atoms with Gasteiger partial charge in [0.1, 0.15) is 0 Å². The van der Waals surface area contributed by atoms with E-state index in [4.69, 9.17) is 0 Å². The average molecular weight is 338 g/mol. The number of nitrogens with one attached hydrogen (secondary N) is 3. The normalized spacial score (nSPS) is 23.2. The molecule has 2 amide bonds. The van der Waals surface area contributed by atoms with Crippen molar-refractivity contribution >= 4 is 29.9 Å². The maximum absolute atomic E-state index is 12.4. The zero-order valence-electron chi connectivity index (χ0n) is 13.1. The van der Waals surface area contributed by atoms with Crippen LogP contribution in [-0.4, -0.2) is 31.4 Å². The van der Waals surface area contributed by atoms with E-state index in [-0.39, 0.29) is 36.6 Å². The Morgan fingerprint density at radius 3 is 2.91 bits per heavy atom. The number of anilines is 1. The van der Waals surface area contributed by atoms with Crippen molar-refractivity contribution in [1.29, 1.82) is 0 Å². The molecule has 0 saturated carbocycles. The van der Waals surface area contributed by atoms with E-state index in [9.17, 15) is 9.59 Å². The lowest BCUT2D eigenvalue weighted by molar-refractivity contribution is -0.126. The fourth-order valence-corrected chi connectivity index (χ4v) is 3.34. The first-order valence-electron chi connectivity index (χ1n) is 8.11. The number of amides is 2. The van der Waals surface area contributed by atoms with Crippen LogP contribution in [0.1, 0.15) is 37.2 Å². The highest BCUT2D eigenvalue weighted by Gasteiger charge is 2.30. The Bertz CT molecular complexity index is 559. The van der Waals surface area contributed by atoms with Crippen LogP contribution >= 0.6 is 12.4 Å². The molecule has 1 aromatic carbocycles. The van der Waals surface area contributed by atoms with Gasteiger partial charge in [0.25, 0.3) is 0 Å². The number of hydrogen-bond donors (Lipinski definition) is 3. The lowest BCUT2D eigenvalue weighted by Gasteiger charge is -2.26. The summed E-state index contributed by atoms with van der Waals surface area (Å²) in [6, 6.07) is 7.55. The van der Waals surface area contributed by atoms with E-state index in [1.807, 2.05) is 24.3 Å². The smallest absolute Gasteiger partial charge is 0.228 e. The summed E-state index contributed by atoms with van der Waals surface area (Å²) in [5.41, 5.74) is 1.68. The monoisotopic (exact) mass is 337 g/mol. The first kappa shape index (κ1) is 17.8. The SMILES string of the molecule is Cl.O=C1CC(C(=O)NCCC2CCCNC2)c2ccccc2N1. The van der Waals surface area contributed by atoms with Crippen molar-refractivity contribution in [2.45, 2.75) is 31.6 Å². The van der Waals surface area contributed by atoms with Gasteiger partial charge in [-0.15, -0.1) is 12.4 Å². The molecule has 2 atom stereocenters. The van der Waals surface area contributed by atoms with Gasteiger partial charge in [0, 0.05) is 18.7 Å². The number of para-hydroxylation sites is 1. The molecular weight excluding hydrogens is 314 g/mol. The van der Waals surface area contributed by atoms with Gasteiger partial charge in [-0.3, -0.25) is 9.59 Å². The van der Waals surface area contributed by atoms with Crippen LogP contribution < -0.4 is 16.0 Å². The molecule has 2 unspecified atom stereocenters. The summed E-state index contributed by atoms with van der Waals surface area (Å²) in [6.45, 7) is 2.84. The Morgan fingerprint density at radius 1 is 1.30 bits per heavy atom. The molecule has 0 radical (unpaired) electrons. The molecule has 0 aliphatic carbocycles. The van der Waals surface area contributed by atoms with E-state index in [1.54, 1.807) is 0 Å². The third-order valence-corrected chi connectivity index (χ3v) is 4.57. The summed E-state index contributed by atoms with van der Waals surface area (Å²) in [5.74, 6) is 0.159. The molecule has 2 aliphatic heterocycles. The van der Waals surface area contributed by atoms with Crippen molar-refractivity contribution in [1.82, 2.24) is 10.6 Å². The maximum atomic E-state index is 12.4. The van der Waals surface area contributed by atoms with E-state index >= 15 is 0 Å².